The van der Waals surface area contributed by atoms with E-state index in [4.69, 9.17) is 0 Å². The highest BCUT2D eigenvalue weighted by Gasteiger charge is 2.39. The van der Waals surface area contributed by atoms with Gasteiger partial charge in [-0.3, -0.25) is 4.90 Å². The molecule has 2 rings (SSSR count). The molecule has 1 aliphatic heterocycles. The van der Waals surface area contributed by atoms with Crippen molar-refractivity contribution < 1.29 is 5.11 Å². The molecule has 1 aromatic rings. The molecule has 1 saturated heterocycles. The standard InChI is InChI=1S/C14H21NO/c1-11(12-7-5-4-6-8-12)15-9-13(16)14(2,3)10-15/h4-8,11,13,16H,9-10H2,1-3H3. The van der Waals surface area contributed by atoms with Gasteiger partial charge in [-0.2, -0.15) is 0 Å². The molecule has 88 valence electrons. The molecule has 0 amide bonds. The molecule has 1 fully saturated rings. The van der Waals surface area contributed by atoms with Gasteiger partial charge in [-0.1, -0.05) is 44.2 Å². The van der Waals surface area contributed by atoms with Crippen LogP contribution in [0.25, 0.3) is 0 Å². The number of benzene rings is 1. The Morgan fingerprint density at radius 1 is 1.31 bits per heavy atom. The second-order valence-corrected chi connectivity index (χ2v) is 5.52. The number of aliphatic hydroxyl groups excluding tert-OH is 1. The zero-order valence-electron chi connectivity index (χ0n) is 10.4. The molecule has 0 radical (unpaired) electrons. The van der Waals surface area contributed by atoms with E-state index in [2.05, 4.69) is 49.9 Å². The van der Waals surface area contributed by atoms with Crippen LogP contribution in [0.1, 0.15) is 32.4 Å². The molecule has 0 aromatic heterocycles. The summed E-state index contributed by atoms with van der Waals surface area (Å²) in [4.78, 5) is 2.36. The van der Waals surface area contributed by atoms with Crippen molar-refractivity contribution in [3.05, 3.63) is 35.9 Å². The lowest BCUT2D eigenvalue weighted by atomic mass is 9.90. The van der Waals surface area contributed by atoms with E-state index < -0.39 is 0 Å². The van der Waals surface area contributed by atoms with Crippen molar-refractivity contribution in [3.8, 4) is 0 Å². The summed E-state index contributed by atoms with van der Waals surface area (Å²) in [6.07, 6.45) is -0.210. The predicted molar refractivity (Wildman–Crippen MR) is 66.2 cm³/mol. The van der Waals surface area contributed by atoms with Crippen LogP contribution in [0, 0.1) is 5.41 Å². The third-order valence-electron chi connectivity index (χ3n) is 3.75. The fourth-order valence-corrected chi connectivity index (χ4v) is 2.40. The first-order valence-electron chi connectivity index (χ1n) is 5.98. The van der Waals surface area contributed by atoms with E-state index in [1.54, 1.807) is 0 Å². The lowest BCUT2D eigenvalue weighted by Crippen LogP contribution is -2.27. The zero-order chi connectivity index (χ0) is 11.8. The topological polar surface area (TPSA) is 23.5 Å². The van der Waals surface area contributed by atoms with Gasteiger partial charge >= 0.3 is 0 Å². The Morgan fingerprint density at radius 3 is 2.44 bits per heavy atom. The Kier molecular flexibility index (Phi) is 3.04. The van der Waals surface area contributed by atoms with E-state index in [1.165, 1.54) is 5.56 Å². The van der Waals surface area contributed by atoms with Gasteiger partial charge in [0.2, 0.25) is 0 Å². The van der Waals surface area contributed by atoms with Crippen LogP contribution in [0.15, 0.2) is 30.3 Å². The van der Waals surface area contributed by atoms with Crippen molar-refractivity contribution in [1.29, 1.82) is 0 Å². The molecule has 16 heavy (non-hydrogen) atoms. The summed E-state index contributed by atoms with van der Waals surface area (Å²) in [6, 6.07) is 10.9. The lowest BCUT2D eigenvalue weighted by molar-refractivity contribution is 0.0951. The summed E-state index contributed by atoms with van der Waals surface area (Å²) < 4.78 is 0. The average Bonchev–Trinajstić information content (AvgIpc) is 2.54. The molecule has 1 N–H and O–H groups in total. The Morgan fingerprint density at radius 2 is 1.94 bits per heavy atom. The van der Waals surface area contributed by atoms with Gasteiger partial charge in [0.15, 0.2) is 0 Å². The van der Waals surface area contributed by atoms with Crippen molar-refractivity contribution >= 4 is 0 Å². The molecule has 0 saturated carbocycles. The van der Waals surface area contributed by atoms with Crippen LogP contribution < -0.4 is 0 Å². The largest absolute Gasteiger partial charge is 0.391 e. The van der Waals surface area contributed by atoms with Crippen LogP contribution in [0.4, 0.5) is 0 Å². The zero-order valence-corrected chi connectivity index (χ0v) is 10.4. The summed E-state index contributed by atoms with van der Waals surface area (Å²) in [5.41, 5.74) is 1.34. The quantitative estimate of drug-likeness (QED) is 0.826. The minimum absolute atomic E-state index is 0.0169. The maximum Gasteiger partial charge on any atom is 0.0730 e. The summed E-state index contributed by atoms with van der Waals surface area (Å²) in [6.45, 7) is 8.22. The molecule has 1 aliphatic rings. The Bertz CT molecular complexity index is 347. The molecule has 2 heteroatoms. The normalized spacial score (nSPS) is 26.9. The maximum atomic E-state index is 9.98. The molecule has 1 heterocycles. The van der Waals surface area contributed by atoms with Gasteiger partial charge in [0.25, 0.3) is 0 Å². The smallest absolute Gasteiger partial charge is 0.0730 e. The summed E-state index contributed by atoms with van der Waals surface area (Å²) in [5.74, 6) is 0. The lowest BCUT2D eigenvalue weighted by Gasteiger charge is -2.26. The molecular formula is C14H21NO. The monoisotopic (exact) mass is 219 g/mol. The first kappa shape index (κ1) is 11.6. The molecule has 0 spiro atoms. The number of likely N-dealkylation sites (tertiary alicyclic amines) is 1. The second kappa shape index (κ2) is 4.19. The van der Waals surface area contributed by atoms with E-state index in [9.17, 15) is 5.11 Å². The highest BCUT2D eigenvalue weighted by atomic mass is 16.3. The van der Waals surface area contributed by atoms with Crippen LogP contribution in [0.2, 0.25) is 0 Å². The molecule has 1 aromatic carbocycles. The summed E-state index contributed by atoms with van der Waals surface area (Å²) in [7, 11) is 0. The minimum Gasteiger partial charge on any atom is -0.391 e. The van der Waals surface area contributed by atoms with Gasteiger partial charge in [-0.05, 0) is 12.5 Å². The minimum atomic E-state index is -0.210. The van der Waals surface area contributed by atoms with E-state index in [0.717, 1.165) is 13.1 Å². The Balaban J connectivity index is 2.11. The maximum absolute atomic E-state index is 9.98. The van der Waals surface area contributed by atoms with Crippen LogP contribution >= 0.6 is 0 Å². The average molecular weight is 219 g/mol. The molecule has 2 unspecified atom stereocenters. The van der Waals surface area contributed by atoms with Gasteiger partial charge in [0, 0.05) is 24.5 Å². The molecule has 2 atom stereocenters. The number of aliphatic hydroxyl groups is 1. The van der Waals surface area contributed by atoms with Gasteiger partial charge in [0.1, 0.15) is 0 Å². The van der Waals surface area contributed by atoms with E-state index in [1.807, 2.05) is 6.07 Å². The predicted octanol–water partition coefficient (Wildman–Crippen LogP) is 2.45. The van der Waals surface area contributed by atoms with Crippen LogP contribution in [-0.4, -0.2) is 29.2 Å². The van der Waals surface area contributed by atoms with Crippen LogP contribution in [0.5, 0.6) is 0 Å². The van der Waals surface area contributed by atoms with Gasteiger partial charge in [-0.15, -0.1) is 0 Å². The number of hydrogen-bond acceptors (Lipinski definition) is 2. The Hall–Kier alpha value is -0.860. The van der Waals surface area contributed by atoms with Crippen molar-refractivity contribution in [1.82, 2.24) is 4.90 Å². The van der Waals surface area contributed by atoms with Crippen molar-refractivity contribution in [2.45, 2.75) is 32.9 Å². The third kappa shape index (κ3) is 2.13. The first-order valence-corrected chi connectivity index (χ1v) is 5.98. The van der Waals surface area contributed by atoms with Crippen LogP contribution in [0.3, 0.4) is 0 Å². The Labute approximate surface area is 97.9 Å². The molecule has 2 nitrogen and oxygen atoms in total. The van der Waals surface area contributed by atoms with Crippen LogP contribution in [-0.2, 0) is 0 Å². The fourth-order valence-electron chi connectivity index (χ4n) is 2.40. The second-order valence-electron chi connectivity index (χ2n) is 5.52. The first-order chi connectivity index (χ1) is 7.50. The van der Waals surface area contributed by atoms with Gasteiger partial charge in [-0.25, -0.2) is 0 Å². The SMILES string of the molecule is CC(c1ccccc1)N1CC(O)C(C)(C)C1. The summed E-state index contributed by atoms with van der Waals surface area (Å²) >= 11 is 0. The van der Waals surface area contributed by atoms with E-state index in [0.29, 0.717) is 6.04 Å². The molecular weight excluding hydrogens is 198 g/mol. The van der Waals surface area contributed by atoms with Crippen molar-refractivity contribution in [2.24, 2.45) is 5.41 Å². The highest BCUT2D eigenvalue weighted by molar-refractivity contribution is 5.19. The van der Waals surface area contributed by atoms with E-state index in [-0.39, 0.29) is 11.5 Å². The summed E-state index contributed by atoms with van der Waals surface area (Å²) in [5, 5.41) is 9.98. The molecule has 0 bridgehead atoms. The number of hydrogen-bond donors (Lipinski definition) is 1. The fraction of sp³-hybridized carbons (Fsp3) is 0.571. The van der Waals surface area contributed by atoms with Gasteiger partial charge < -0.3 is 5.11 Å². The van der Waals surface area contributed by atoms with Crippen molar-refractivity contribution in [3.63, 3.8) is 0 Å². The van der Waals surface area contributed by atoms with Gasteiger partial charge in [0.05, 0.1) is 6.10 Å². The molecule has 0 aliphatic carbocycles. The number of nitrogens with zero attached hydrogens (tertiary/aromatic N) is 1. The number of rotatable bonds is 2. The third-order valence-corrected chi connectivity index (χ3v) is 3.75. The number of β-amino-alcohol motifs (C(OH)–C–C–N with tert-alkyl or cyclic N) is 1. The highest BCUT2D eigenvalue weighted by Crippen LogP contribution is 2.34. The van der Waals surface area contributed by atoms with E-state index >= 15 is 0 Å². The van der Waals surface area contributed by atoms with Crippen molar-refractivity contribution in [2.75, 3.05) is 13.1 Å².